The molecule has 6 heteroatoms. The van der Waals surface area contributed by atoms with Gasteiger partial charge in [0.2, 0.25) is 0 Å². The van der Waals surface area contributed by atoms with Crippen LogP contribution in [0.3, 0.4) is 0 Å². The SMILES string of the molecule is CCOC(=O)COc1c(OC)ccnc1C=O. The van der Waals surface area contributed by atoms with Gasteiger partial charge < -0.3 is 14.2 Å². The first-order valence-corrected chi connectivity index (χ1v) is 4.99. The Morgan fingerprint density at radius 2 is 2.29 bits per heavy atom. The summed E-state index contributed by atoms with van der Waals surface area (Å²) in [7, 11) is 1.43. The van der Waals surface area contributed by atoms with Gasteiger partial charge in [0.15, 0.2) is 24.4 Å². The molecule has 0 aromatic carbocycles. The van der Waals surface area contributed by atoms with E-state index in [1.807, 2.05) is 0 Å². The van der Waals surface area contributed by atoms with Gasteiger partial charge in [0.05, 0.1) is 13.7 Å². The Morgan fingerprint density at radius 1 is 1.53 bits per heavy atom. The summed E-state index contributed by atoms with van der Waals surface area (Å²) < 4.78 is 14.9. The van der Waals surface area contributed by atoms with Gasteiger partial charge in [0.25, 0.3) is 0 Å². The average Bonchev–Trinajstić information content (AvgIpc) is 2.36. The standard InChI is InChI=1S/C11H13NO5/c1-3-16-10(14)7-17-11-8(6-13)12-5-4-9(11)15-2/h4-6H,3,7H2,1-2H3. The van der Waals surface area contributed by atoms with Crippen LogP contribution in [0.15, 0.2) is 12.3 Å². The molecule has 92 valence electrons. The molecule has 0 N–H and O–H groups in total. The minimum absolute atomic E-state index is 0.0775. The van der Waals surface area contributed by atoms with Crippen LogP contribution in [-0.2, 0) is 9.53 Å². The summed E-state index contributed by atoms with van der Waals surface area (Å²) in [6.07, 6.45) is 1.95. The summed E-state index contributed by atoms with van der Waals surface area (Å²) in [5.74, 6) is -0.0419. The van der Waals surface area contributed by atoms with E-state index in [1.54, 1.807) is 6.92 Å². The quantitative estimate of drug-likeness (QED) is 0.541. The van der Waals surface area contributed by atoms with Crippen molar-refractivity contribution in [2.75, 3.05) is 20.3 Å². The number of aldehydes is 1. The molecule has 1 aromatic rings. The van der Waals surface area contributed by atoms with E-state index in [9.17, 15) is 9.59 Å². The number of ether oxygens (including phenoxy) is 3. The lowest BCUT2D eigenvalue weighted by molar-refractivity contribution is -0.145. The second-order valence-corrected chi connectivity index (χ2v) is 2.94. The van der Waals surface area contributed by atoms with Gasteiger partial charge in [-0.3, -0.25) is 4.79 Å². The van der Waals surface area contributed by atoms with Gasteiger partial charge in [0.1, 0.15) is 5.69 Å². The smallest absolute Gasteiger partial charge is 0.344 e. The van der Waals surface area contributed by atoms with Crippen molar-refractivity contribution in [3.8, 4) is 11.5 Å². The zero-order valence-electron chi connectivity index (χ0n) is 9.63. The number of hydrogen-bond acceptors (Lipinski definition) is 6. The average molecular weight is 239 g/mol. The molecule has 0 aliphatic heterocycles. The fourth-order valence-electron chi connectivity index (χ4n) is 1.17. The maximum Gasteiger partial charge on any atom is 0.344 e. The predicted octanol–water partition coefficient (Wildman–Crippen LogP) is 0.845. The Bertz CT molecular complexity index is 405. The topological polar surface area (TPSA) is 74.7 Å². The Hall–Kier alpha value is -2.11. The highest BCUT2D eigenvalue weighted by atomic mass is 16.6. The second kappa shape index (κ2) is 6.47. The van der Waals surface area contributed by atoms with Crippen molar-refractivity contribution in [3.05, 3.63) is 18.0 Å². The largest absolute Gasteiger partial charge is 0.493 e. The van der Waals surface area contributed by atoms with Crippen molar-refractivity contribution in [3.63, 3.8) is 0 Å². The third-order valence-electron chi connectivity index (χ3n) is 1.87. The van der Waals surface area contributed by atoms with Crippen LogP contribution in [-0.4, -0.2) is 37.6 Å². The normalized spacial score (nSPS) is 9.53. The molecule has 1 rings (SSSR count). The van der Waals surface area contributed by atoms with Gasteiger partial charge in [-0.25, -0.2) is 9.78 Å². The lowest BCUT2D eigenvalue weighted by atomic mass is 10.3. The number of aromatic nitrogens is 1. The molecule has 0 fully saturated rings. The molecule has 0 amide bonds. The van der Waals surface area contributed by atoms with E-state index < -0.39 is 5.97 Å². The Morgan fingerprint density at radius 3 is 2.88 bits per heavy atom. The minimum atomic E-state index is -0.518. The maximum atomic E-state index is 11.1. The monoisotopic (exact) mass is 239 g/mol. The first-order chi connectivity index (χ1) is 8.22. The van der Waals surface area contributed by atoms with E-state index in [0.717, 1.165) is 0 Å². The number of rotatable bonds is 6. The van der Waals surface area contributed by atoms with E-state index in [-0.39, 0.29) is 24.7 Å². The third kappa shape index (κ3) is 3.44. The number of pyridine rings is 1. The van der Waals surface area contributed by atoms with Crippen LogP contribution in [0.5, 0.6) is 11.5 Å². The zero-order chi connectivity index (χ0) is 12.7. The third-order valence-corrected chi connectivity index (χ3v) is 1.87. The van der Waals surface area contributed by atoms with E-state index in [0.29, 0.717) is 12.0 Å². The zero-order valence-corrected chi connectivity index (χ0v) is 9.63. The molecule has 0 aliphatic rings. The highest BCUT2D eigenvalue weighted by Crippen LogP contribution is 2.28. The highest BCUT2D eigenvalue weighted by molar-refractivity contribution is 5.79. The molecule has 0 bridgehead atoms. The Balaban J connectivity index is 2.81. The molecule has 0 unspecified atom stereocenters. The molecule has 0 spiro atoms. The van der Waals surface area contributed by atoms with E-state index in [2.05, 4.69) is 4.98 Å². The van der Waals surface area contributed by atoms with E-state index in [4.69, 9.17) is 14.2 Å². The van der Waals surface area contributed by atoms with Crippen molar-refractivity contribution in [1.29, 1.82) is 0 Å². The predicted molar refractivity (Wildman–Crippen MR) is 58.3 cm³/mol. The fraction of sp³-hybridized carbons (Fsp3) is 0.364. The number of carbonyl (C=O) groups excluding carboxylic acids is 2. The second-order valence-electron chi connectivity index (χ2n) is 2.94. The van der Waals surface area contributed by atoms with E-state index >= 15 is 0 Å². The molecule has 6 nitrogen and oxygen atoms in total. The molecular formula is C11H13NO5. The van der Waals surface area contributed by atoms with Crippen LogP contribution in [0, 0.1) is 0 Å². The van der Waals surface area contributed by atoms with Gasteiger partial charge in [-0.1, -0.05) is 0 Å². The number of nitrogens with zero attached hydrogens (tertiary/aromatic N) is 1. The van der Waals surface area contributed by atoms with Crippen LogP contribution in [0.1, 0.15) is 17.4 Å². The van der Waals surface area contributed by atoms with Crippen molar-refractivity contribution in [1.82, 2.24) is 4.98 Å². The molecule has 0 radical (unpaired) electrons. The van der Waals surface area contributed by atoms with Crippen LogP contribution in [0.4, 0.5) is 0 Å². The summed E-state index contributed by atoms with van der Waals surface area (Å²) in [6.45, 7) is 1.67. The summed E-state index contributed by atoms with van der Waals surface area (Å²) >= 11 is 0. The summed E-state index contributed by atoms with van der Waals surface area (Å²) in [4.78, 5) is 25.7. The summed E-state index contributed by atoms with van der Waals surface area (Å²) in [6, 6.07) is 1.54. The number of carbonyl (C=O) groups is 2. The van der Waals surface area contributed by atoms with Crippen LogP contribution in [0.2, 0.25) is 0 Å². The highest BCUT2D eigenvalue weighted by Gasteiger charge is 2.13. The van der Waals surface area contributed by atoms with Gasteiger partial charge in [0, 0.05) is 12.3 Å². The summed E-state index contributed by atoms with van der Waals surface area (Å²) in [5, 5.41) is 0. The molecule has 0 saturated heterocycles. The lowest BCUT2D eigenvalue weighted by Crippen LogP contribution is -2.15. The van der Waals surface area contributed by atoms with Crippen molar-refractivity contribution >= 4 is 12.3 Å². The molecule has 17 heavy (non-hydrogen) atoms. The fourth-order valence-corrected chi connectivity index (χ4v) is 1.17. The summed E-state index contributed by atoms with van der Waals surface area (Å²) in [5.41, 5.74) is 0.0775. The van der Waals surface area contributed by atoms with Crippen LogP contribution < -0.4 is 9.47 Å². The maximum absolute atomic E-state index is 11.1. The first-order valence-electron chi connectivity index (χ1n) is 4.99. The van der Waals surface area contributed by atoms with Gasteiger partial charge >= 0.3 is 5.97 Å². The lowest BCUT2D eigenvalue weighted by Gasteiger charge is -2.10. The van der Waals surface area contributed by atoms with Crippen LogP contribution in [0.25, 0.3) is 0 Å². The molecule has 0 aliphatic carbocycles. The van der Waals surface area contributed by atoms with Crippen LogP contribution >= 0.6 is 0 Å². The Labute approximate surface area is 98.5 Å². The number of esters is 1. The van der Waals surface area contributed by atoms with E-state index in [1.165, 1.54) is 19.4 Å². The number of methoxy groups -OCH3 is 1. The van der Waals surface area contributed by atoms with Crippen molar-refractivity contribution < 1.29 is 23.8 Å². The van der Waals surface area contributed by atoms with Gasteiger partial charge in [-0.2, -0.15) is 0 Å². The first kappa shape index (κ1) is 13.0. The Kier molecular flexibility index (Phi) is 4.93. The van der Waals surface area contributed by atoms with Crippen molar-refractivity contribution in [2.24, 2.45) is 0 Å². The number of hydrogen-bond donors (Lipinski definition) is 0. The molecule has 1 aromatic heterocycles. The molecule has 0 atom stereocenters. The minimum Gasteiger partial charge on any atom is -0.493 e. The van der Waals surface area contributed by atoms with Gasteiger partial charge in [-0.15, -0.1) is 0 Å². The van der Waals surface area contributed by atoms with Crippen molar-refractivity contribution in [2.45, 2.75) is 6.92 Å². The molecule has 1 heterocycles. The molecular weight excluding hydrogens is 226 g/mol. The van der Waals surface area contributed by atoms with Gasteiger partial charge in [-0.05, 0) is 6.92 Å². The molecule has 0 saturated carbocycles.